The fraction of sp³-hybridized carbons (Fsp3) is 0.600. The Hall–Kier alpha value is -2.13. The van der Waals surface area contributed by atoms with Crippen LogP contribution < -0.4 is 5.32 Å². The Balaban J connectivity index is 1.99. The smallest absolute Gasteiger partial charge is 0.399 e. The number of rotatable bonds is 3. The summed E-state index contributed by atoms with van der Waals surface area (Å²) in [6.07, 6.45) is -2.96. The Morgan fingerprint density at radius 2 is 1.90 bits per heavy atom. The summed E-state index contributed by atoms with van der Waals surface area (Å²) in [5.41, 5.74) is 0.325. The first-order valence-electron chi connectivity index (χ1n) is 5.72. The van der Waals surface area contributed by atoms with Gasteiger partial charge in [-0.2, -0.15) is 13.2 Å². The van der Waals surface area contributed by atoms with Gasteiger partial charge in [-0.15, -0.1) is 10.2 Å². The van der Waals surface area contributed by atoms with E-state index in [2.05, 4.69) is 30.2 Å². The van der Waals surface area contributed by atoms with Crippen LogP contribution in [0.5, 0.6) is 0 Å². The number of nitrogens with one attached hydrogen (secondary N) is 1. The SMILES string of the molecule is CC(C)(C)n1cc(CNc2nnc(C(F)(F)F)o2)nn1. The first kappa shape index (κ1) is 14.3. The van der Waals surface area contributed by atoms with Crippen LogP contribution in [0.2, 0.25) is 0 Å². The standard InChI is InChI=1S/C10H13F3N6O/c1-9(2,3)19-5-6(15-18-19)4-14-8-17-16-7(20-8)10(11,12)13/h5H,4H2,1-3H3,(H,14,17). The van der Waals surface area contributed by atoms with Gasteiger partial charge in [0, 0.05) is 0 Å². The van der Waals surface area contributed by atoms with Crippen LogP contribution in [0.15, 0.2) is 10.6 Å². The third-order valence-corrected chi connectivity index (χ3v) is 2.32. The van der Waals surface area contributed by atoms with Crippen LogP contribution in [0.4, 0.5) is 19.2 Å². The molecule has 0 saturated carbocycles. The van der Waals surface area contributed by atoms with Crippen molar-refractivity contribution in [2.75, 3.05) is 5.32 Å². The van der Waals surface area contributed by atoms with E-state index >= 15 is 0 Å². The molecule has 2 rings (SSSR count). The van der Waals surface area contributed by atoms with Gasteiger partial charge < -0.3 is 9.73 Å². The Bertz CT molecular complexity index is 530. The molecule has 0 aromatic carbocycles. The molecule has 0 bridgehead atoms. The van der Waals surface area contributed by atoms with E-state index in [1.54, 1.807) is 10.9 Å². The van der Waals surface area contributed by atoms with E-state index in [4.69, 9.17) is 0 Å². The summed E-state index contributed by atoms with van der Waals surface area (Å²) < 4.78 is 42.8. The van der Waals surface area contributed by atoms with Gasteiger partial charge >= 0.3 is 18.1 Å². The summed E-state index contributed by atoms with van der Waals surface area (Å²) >= 11 is 0. The average Bonchev–Trinajstić information content (AvgIpc) is 2.94. The third-order valence-electron chi connectivity index (χ3n) is 2.32. The van der Waals surface area contributed by atoms with Crippen LogP contribution in [-0.4, -0.2) is 25.2 Å². The molecule has 2 aromatic heterocycles. The number of halogens is 3. The molecule has 2 heterocycles. The van der Waals surface area contributed by atoms with Gasteiger partial charge in [-0.3, -0.25) is 0 Å². The van der Waals surface area contributed by atoms with Crippen molar-refractivity contribution >= 4 is 6.01 Å². The lowest BCUT2D eigenvalue weighted by Crippen LogP contribution is -2.22. The monoisotopic (exact) mass is 290 g/mol. The first-order valence-corrected chi connectivity index (χ1v) is 5.72. The molecule has 0 aliphatic carbocycles. The van der Waals surface area contributed by atoms with Gasteiger partial charge in [0.05, 0.1) is 18.3 Å². The van der Waals surface area contributed by atoms with Crippen molar-refractivity contribution in [2.24, 2.45) is 0 Å². The van der Waals surface area contributed by atoms with Gasteiger partial charge in [-0.25, -0.2) is 4.68 Å². The largest absolute Gasteiger partial charge is 0.470 e. The normalized spacial score (nSPS) is 12.7. The zero-order valence-corrected chi connectivity index (χ0v) is 11.1. The Morgan fingerprint density at radius 1 is 1.20 bits per heavy atom. The summed E-state index contributed by atoms with van der Waals surface area (Å²) in [4.78, 5) is 0. The van der Waals surface area contributed by atoms with Crippen LogP contribution in [0.3, 0.4) is 0 Å². The van der Waals surface area contributed by atoms with E-state index in [0.29, 0.717) is 5.69 Å². The molecule has 0 saturated heterocycles. The lowest BCUT2D eigenvalue weighted by molar-refractivity contribution is -0.156. The van der Waals surface area contributed by atoms with E-state index in [0.717, 1.165) is 0 Å². The van der Waals surface area contributed by atoms with Crippen molar-refractivity contribution in [1.29, 1.82) is 0 Å². The van der Waals surface area contributed by atoms with Crippen LogP contribution in [0.25, 0.3) is 0 Å². The van der Waals surface area contributed by atoms with Crippen molar-refractivity contribution in [3.8, 4) is 0 Å². The lowest BCUT2D eigenvalue weighted by Gasteiger charge is -2.17. The fourth-order valence-electron chi connectivity index (χ4n) is 1.28. The van der Waals surface area contributed by atoms with Gasteiger partial charge in [0.15, 0.2) is 0 Å². The van der Waals surface area contributed by atoms with E-state index in [9.17, 15) is 13.2 Å². The van der Waals surface area contributed by atoms with Crippen molar-refractivity contribution < 1.29 is 17.6 Å². The average molecular weight is 290 g/mol. The Labute approximate surface area is 112 Å². The third kappa shape index (κ3) is 3.25. The minimum Gasteiger partial charge on any atom is -0.399 e. The molecule has 0 aliphatic heterocycles. The molecule has 0 fully saturated rings. The van der Waals surface area contributed by atoms with E-state index in [1.807, 2.05) is 20.8 Å². The molecular formula is C10H13F3N6O. The van der Waals surface area contributed by atoms with Crippen LogP contribution in [0.1, 0.15) is 32.4 Å². The summed E-state index contributed by atoms with van der Waals surface area (Å²) in [7, 11) is 0. The molecule has 0 aliphatic rings. The van der Waals surface area contributed by atoms with Crippen LogP contribution >= 0.6 is 0 Å². The maximum atomic E-state index is 12.2. The van der Waals surface area contributed by atoms with Crippen molar-refractivity contribution in [2.45, 2.75) is 39.0 Å². The highest BCUT2D eigenvalue weighted by atomic mass is 19.4. The summed E-state index contributed by atoms with van der Waals surface area (Å²) in [5.74, 6) is -1.39. The molecule has 2 aromatic rings. The van der Waals surface area contributed by atoms with Gasteiger partial charge in [0.1, 0.15) is 5.69 Å². The second-order valence-corrected chi connectivity index (χ2v) is 5.09. The zero-order chi connectivity index (χ0) is 15.0. The van der Waals surface area contributed by atoms with Gasteiger partial charge in [0.2, 0.25) is 0 Å². The number of nitrogens with zero attached hydrogens (tertiary/aromatic N) is 5. The highest BCUT2D eigenvalue weighted by Crippen LogP contribution is 2.28. The molecule has 1 N–H and O–H groups in total. The number of hydrogen-bond acceptors (Lipinski definition) is 6. The minimum absolute atomic E-state index is 0.134. The fourth-order valence-corrected chi connectivity index (χ4v) is 1.28. The molecule has 7 nitrogen and oxygen atoms in total. The number of aromatic nitrogens is 5. The van der Waals surface area contributed by atoms with Crippen molar-refractivity contribution in [3.05, 3.63) is 17.8 Å². The number of anilines is 1. The maximum absolute atomic E-state index is 12.2. The second-order valence-electron chi connectivity index (χ2n) is 5.09. The second kappa shape index (κ2) is 4.76. The quantitative estimate of drug-likeness (QED) is 0.931. The van der Waals surface area contributed by atoms with Crippen molar-refractivity contribution in [1.82, 2.24) is 25.2 Å². The summed E-state index contributed by atoms with van der Waals surface area (Å²) in [6, 6.07) is -0.317. The molecule has 20 heavy (non-hydrogen) atoms. The van der Waals surface area contributed by atoms with E-state index in [-0.39, 0.29) is 18.1 Å². The molecule has 0 spiro atoms. The van der Waals surface area contributed by atoms with Gasteiger partial charge in [-0.1, -0.05) is 10.3 Å². The minimum atomic E-state index is -4.65. The molecule has 0 unspecified atom stereocenters. The number of hydrogen-bond donors (Lipinski definition) is 1. The topological polar surface area (TPSA) is 81.7 Å². The highest BCUT2D eigenvalue weighted by molar-refractivity contribution is 5.19. The predicted octanol–water partition coefficient (Wildman–Crippen LogP) is 2.05. The van der Waals surface area contributed by atoms with Crippen LogP contribution in [-0.2, 0) is 18.3 Å². The molecule has 0 radical (unpaired) electrons. The van der Waals surface area contributed by atoms with E-state index in [1.165, 1.54) is 0 Å². The first-order chi connectivity index (χ1) is 9.16. The predicted molar refractivity (Wildman–Crippen MR) is 61.6 cm³/mol. The van der Waals surface area contributed by atoms with E-state index < -0.39 is 12.1 Å². The highest BCUT2D eigenvalue weighted by Gasteiger charge is 2.38. The Morgan fingerprint density at radius 3 is 2.40 bits per heavy atom. The molecular weight excluding hydrogens is 277 g/mol. The van der Waals surface area contributed by atoms with Crippen LogP contribution in [0, 0.1) is 0 Å². The maximum Gasteiger partial charge on any atom is 0.470 e. The molecule has 110 valence electrons. The molecule has 10 heteroatoms. The van der Waals surface area contributed by atoms with Gasteiger partial charge in [-0.05, 0) is 20.8 Å². The van der Waals surface area contributed by atoms with Crippen molar-refractivity contribution in [3.63, 3.8) is 0 Å². The zero-order valence-electron chi connectivity index (χ0n) is 11.1. The molecule has 0 atom stereocenters. The summed E-state index contributed by atoms with van der Waals surface area (Å²) in [5, 5.41) is 16.5. The lowest BCUT2D eigenvalue weighted by atomic mass is 10.1. The summed E-state index contributed by atoms with van der Waals surface area (Å²) in [6.45, 7) is 5.99. The van der Waals surface area contributed by atoms with Gasteiger partial charge in [0.25, 0.3) is 0 Å². The Kier molecular flexibility index (Phi) is 3.40. The number of alkyl halides is 3. The molecule has 0 amide bonds.